The highest BCUT2D eigenvalue weighted by atomic mass is 15.3. The third kappa shape index (κ3) is 4.38. The summed E-state index contributed by atoms with van der Waals surface area (Å²) < 4.78 is 0. The molecule has 21 heavy (non-hydrogen) atoms. The molecule has 1 fully saturated rings. The van der Waals surface area contributed by atoms with Crippen LogP contribution in [0.5, 0.6) is 0 Å². The third-order valence-corrected chi connectivity index (χ3v) is 4.19. The van der Waals surface area contributed by atoms with Gasteiger partial charge >= 0.3 is 0 Å². The average Bonchev–Trinajstić information content (AvgIpc) is 2.42. The minimum absolute atomic E-state index is 0.178. The monoisotopic (exact) mass is 291 g/mol. The van der Waals surface area contributed by atoms with E-state index in [-0.39, 0.29) is 5.54 Å². The van der Waals surface area contributed by atoms with Crippen LogP contribution in [0.2, 0.25) is 0 Å². The molecule has 2 rings (SSSR count). The highest BCUT2D eigenvalue weighted by molar-refractivity contribution is 5.37. The number of rotatable bonds is 5. The molecule has 2 heterocycles. The van der Waals surface area contributed by atoms with Gasteiger partial charge in [0.15, 0.2) is 0 Å². The van der Waals surface area contributed by atoms with Gasteiger partial charge in [-0.25, -0.2) is 4.98 Å². The molecule has 1 aliphatic heterocycles. The third-order valence-electron chi connectivity index (χ3n) is 4.19. The Morgan fingerprint density at radius 3 is 2.57 bits per heavy atom. The maximum atomic E-state index is 4.60. The van der Waals surface area contributed by atoms with E-state index in [4.69, 9.17) is 0 Å². The molecule has 0 aliphatic carbocycles. The fourth-order valence-corrected chi connectivity index (χ4v) is 2.53. The van der Waals surface area contributed by atoms with E-state index in [9.17, 15) is 0 Å². The average molecular weight is 291 g/mol. The molecule has 1 saturated heterocycles. The lowest BCUT2D eigenvalue weighted by molar-refractivity contribution is 0.138. The van der Waals surface area contributed by atoms with E-state index in [1.165, 1.54) is 0 Å². The zero-order chi connectivity index (χ0) is 15.5. The first kappa shape index (κ1) is 16.2. The van der Waals surface area contributed by atoms with Crippen LogP contribution in [-0.2, 0) is 6.54 Å². The number of hydrogen-bond acceptors (Lipinski definition) is 5. The predicted molar refractivity (Wildman–Crippen MR) is 87.5 cm³/mol. The van der Waals surface area contributed by atoms with Gasteiger partial charge in [0, 0.05) is 31.7 Å². The first-order valence-corrected chi connectivity index (χ1v) is 7.86. The van der Waals surface area contributed by atoms with E-state index in [1.54, 1.807) is 0 Å². The molecule has 1 N–H and O–H groups in total. The molecule has 118 valence electrons. The molecule has 5 heteroatoms. The standard InChI is InChI=1S/C16H29N5/c1-13(2)8-17-9-14-10-19-15(11-18-14)21-7-6-20(5)16(3,4)12-21/h10-11,13,17H,6-9,12H2,1-5H3. The van der Waals surface area contributed by atoms with Gasteiger partial charge in [0.05, 0.1) is 18.1 Å². The Hall–Kier alpha value is -1.20. The van der Waals surface area contributed by atoms with Gasteiger partial charge in [0.2, 0.25) is 0 Å². The Labute approximate surface area is 128 Å². The van der Waals surface area contributed by atoms with Crippen LogP contribution in [-0.4, -0.2) is 53.6 Å². The van der Waals surface area contributed by atoms with Crippen molar-refractivity contribution >= 4 is 5.82 Å². The van der Waals surface area contributed by atoms with Crippen molar-refractivity contribution in [1.82, 2.24) is 20.2 Å². The Morgan fingerprint density at radius 1 is 1.24 bits per heavy atom. The van der Waals surface area contributed by atoms with Gasteiger partial charge in [0.1, 0.15) is 5.82 Å². The van der Waals surface area contributed by atoms with Crippen molar-refractivity contribution in [2.45, 2.75) is 39.8 Å². The molecule has 0 amide bonds. The van der Waals surface area contributed by atoms with Crippen LogP contribution in [0.4, 0.5) is 5.82 Å². The van der Waals surface area contributed by atoms with Crippen LogP contribution in [0.1, 0.15) is 33.4 Å². The van der Waals surface area contributed by atoms with Crippen molar-refractivity contribution in [3.63, 3.8) is 0 Å². The van der Waals surface area contributed by atoms with E-state index in [2.05, 4.69) is 59.8 Å². The van der Waals surface area contributed by atoms with Crippen LogP contribution < -0.4 is 10.2 Å². The maximum absolute atomic E-state index is 4.60. The number of nitrogens with one attached hydrogen (secondary N) is 1. The highest BCUT2D eigenvalue weighted by Crippen LogP contribution is 2.22. The number of aromatic nitrogens is 2. The summed E-state index contributed by atoms with van der Waals surface area (Å²) >= 11 is 0. The van der Waals surface area contributed by atoms with E-state index in [0.29, 0.717) is 5.92 Å². The van der Waals surface area contributed by atoms with Crippen LogP contribution in [0.15, 0.2) is 12.4 Å². The fourth-order valence-electron chi connectivity index (χ4n) is 2.53. The van der Waals surface area contributed by atoms with E-state index < -0.39 is 0 Å². The molecule has 0 unspecified atom stereocenters. The molecule has 1 aromatic rings. The van der Waals surface area contributed by atoms with E-state index in [0.717, 1.165) is 44.2 Å². The summed E-state index contributed by atoms with van der Waals surface area (Å²) in [5, 5.41) is 3.40. The van der Waals surface area contributed by atoms with E-state index >= 15 is 0 Å². The van der Waals surface area contributed by atoms with Gasteiger partial charge in [-0.3, -0.25) is 9.88 Å². The Balaban J connectivity index is 1.93. The highest BCUT2D eigenvalue weighted by Gasteiger charge is 2.31. The number of hydrogen-bond donors (Lipinski definition) is 1. The van der Waals surface area contributed by atoms with Crippen molar-refractivity contribution in [2.24, 2.45) is 5.92 Å². The van der Waals surface area contributed by atoms with Crippen molar-refractivity contribution in [1.29, 1.82) is 0 Å². The van der Waals surface area contributed by atoms with Crippen LogP contribution in [0.25, 0.3) is 0 Å². The first-order valence-electron chi connectivity index (χ1n) is 7.86. The molecule has 1 aliphatic rings. The quantitative estimate of drug-likeness (QED) is 0.895. The summed E-state index contributed by atoms with van der Waals surface area (Å²) in [5.41, 5.74) is 1.19. The molecule has 0 aromatic carbocycles. The smallest absolute Gasteiger partial charge is 0.147 e. The van der Waals surface area contributed by atoms with Crippen molar-refractivity contribution in [3.05, 3.63) is 18.1 Å². The fraction of sp³-hybridized carbons (Fsp3) is 0.750. The summed E-state index contributed by atoms with van der Waals surface area (Å²) in [5.74, 6) is 1.65. The topological polar surface area (TPSA) is 44.3 Å². The number of anilines is 1. The number of nitrogens with zero attached hydrogens (tertiary/aromatic N) is 4. The Kier molecular flexibility index (Phi) is 5.17. The van der Waals surface area contributed by atoms with Crippen molar-refractivity contribution in [3.8, 4) is 0 Å². The molecule has 1 aromatic heterocycles. The SMILES string of the molecule is CC(C)CNCc1cnc(N2CCN(C)C(C)(C)C2)cn1. The number of likely N-dealkylation sites (N-methyl/N-ethyl adjacent to an activating group) is 1. The molecule has 0 atom stereocenters. The van der Waals surface area contributed by atoms with Gasteiger partial charge in [-0.2, -0.15) is 0 Å². The van der Waals surface area contributed by atoms with Crippen LogP contribution in [0, 0.1) is 5.92 Å². The van der Waals surface area contributed by atoms with Crippen LogP contribution >= 0.6 is 0 Å². The summed E-state index contributed by atoms with van der Waals surface area (Å²) in [6.07, 6.45) is 3.81. The molecule has 5 nitrogen and oxygen atoms in total. The summed E-state index contributed by atoms with van der Waals surface area (Å²) in [6.45, 7) is 13.8. The minimum atomic E-state index is 0.178. The molecule has 0 radical (unpaired) electrons. The van der Waals surface area contributed by atoms with Gasteiger partial charge in [-0.05, 0) is 33.4 Å². The van der Waals surface area contributed by atoms with Gasteiger partial charge in [-0.1, -0.05) is 13.8 Å². The molecule has 0 bridgehead atoms. The summed E-state index contributed by atoms with van der Waals surface area (Å²) in [6, 6.07) is 0. The second-order valence-electron chi connectivity index (χ2n) is 7.05. The maximum Gasteiger partial charge on any atom is 0.147 e. The molecular formula is C16H29N5. The zero-order valence-corrected chi connectivity index (χ0v) is 14.1. The van der Waals surface area contributed by atoms with Crippen LogP contribution in [0.3, 0.4) is 0 Å². The lowest BCUT2D eigenvalue weighted by Gasteiger charge is -2.45. The lowest BCUT2D eigenvalue weighted by atomic mass is 10.00. The predicted octanol–water partition coefficient (Wildman–Crippen LogP) is 1.75. The molecule has 0 saturated carbocycles. The first-order chi connectivity index (χ1) is 9.88. The van der Waals surface area contributed by atoms with Gasteiger partial charge in [-0.15, -0.1) is 0 Å². The van der Waals surface area contributed by atoms with E-state index in [1.807, 2.05) is 12.4 Å². The second-order valence-corrected chi connectivity index (χ2v) is 7.05. The lowest BCUT2D eigenvalue weighted by Crippen LogP contribution is -2.57. The van der Waals surface area contributed by atoms with Crippen molar-refractivity contribution < 1.29 is 0 Å². The van der Waals surface area contributed by atoms with Gasteiger partial charge < -0.3 is 10.2 Å². The second kappa shape index (κ2) is 6.71. The largest absolute Gasteiger partial charge is 0.352 e. The van der Waals surface area contributed by atoms with Gasteiger partial charge in [0.25, 0.3) is 0 Å². The normalized spacial score (nSPS) is 19.2. The zero-order valence-electron chi connectivity index (χ0n) is 14.1. The summed E-state index contributed by atoms with van der Waals surface area (Å²) in [4.78, 5) is 13.9. The Bertz CT molecular complexity index is 440. The Morgan fingerprint density at radius 2 is 2.00 bits per heavy atom. The number of piperazine rings is 1. The minimum Gasteiger partial charge on any atom is -0.352 e. The summed E-state index contributed by atoms with van der Waals surface area (Å²) in [7, 11) is 2.19. The molecular weight excluding hydrogens is 262 g/mol. The van der Waals surface area contributed by atoms with Crippen molar-refractivity contribution in [2.75, 3.05) is 38.1 Å². The molecule has 0 spiro atoms.